The van der Waals surface area contributed by atoms with Crippen LogP contribution in [0.4, 0.5) is 4.39 Å². The van der Waals surface area contributed by atoms with Crippen molar-refractivity contribution < 1.29 is 9.13 Å². The highest BCUT2D eigenvalue weighted by Crippen LogP contribution is 2.22. The summed E-state index contributed by atoms with van der Waals surface area (Å²) in [5, 5.41) is 7.87. The average molecular weight is 208 g/mol. The fraction of sp³-hybridized carbons (Fsp3) is 0.364. The Hall–Kier alpha value is -1.42. The lowest BCUT2D eigenvalue weighted by Crippen LogP contribution is -2.27. The largest absolute Gasteiger partial charge is 0.383 e. The molecule has 2 rings (SSSR count). The average Bonchev–Trinajstić information content (AvgIpc) is 2.53. The highest BCUT2D eigenvalue weighted by molar-refractivity contribution is 6.00. The van der Waals surface area contributed by atoms with Crippen molar-refractivity contribution in [1.82, 2.24) is 4.90 Å². The van der Waals surface area contributed by atoms with Crippen molar-refractivity contribution in [2.45, 2.75) is 6.54 Å². The number of halogens is 1. The lowest BCUT2D eigenvalue weighted by atomic mass is 10.1. The number of methoxy groups -OCH3 is 1. The highest BCUT2D eigenvalue weighted by Gasteiger charge is 2.23. The van der Waals surface area contributed by atoms with E-state index in [2.05, 4.69) is 0 Å². The minimum Gasteiger partial charge on any atom is -0.383 e. The quantitative estimate of drug-likeness (QED) is 0.819. The molecule has 0 bridgehead atoms. The van der Waals surface area contributed by atoms with Gasteiger partial charge in [-0.1, -0.05) is 6.07 Å². The van der Waals surface area contributed by atoms with Gasteiger partial charge in [-0.25, -0.2) is 4.39 Å². The first-order valence-corrected chi connectivity index (χ1v) is 4.83. The molecule has 3 nitrogen and oxygen atoms in total. The van der Waals surface area contributed by atoms with Gasteiger partial charge in [-0.15, -0.1) is 0 Å². The number of ether oxygens (including phenoxy) is 1. The molecule has 0 radical (unpaired) electrons. The van der Waals surface area contributed by atoms with Gasteiger partial charge in [0, 0.05) is 25.8 Å². The van der Waals surface area contributed by atoms with Crippen LogP contribution >= 0.6 is 0 Å². The van der Waals surface area contributed by atoms with Gasteiger partial charge < -0.3 is 9.64 Å². The van der Waals surface area contributed by atoms with Gasteiger partial charge in [0.1, 0.15) is 11.7 Å². The number of hydrogen-bond donors (Lipinski definition) is 1. The number of nitrogens with one attached hydrogen (secondary N) is 1. The fourth-order valence-corrected chi connectivity index (χ4v) is 1.75. The van der Waals surface area contributed by atoms with Crippen LogP contribution < -0.4 is 0 Å². The summed E-state index contributed by atoms with van der Waals surface area (Å²) in [5.74, 6) is 0.105. The maximum atomic E-state index is 13.0. The van der Waals surface area contributed by atoms with Crippen LogP contribution in [0.2, 0.25) is 0 Å². The van der Waals surface area contributed by atoms with Crippen molar-refractivity contribution in [1.29, 1.82) is 5.41 Å². The van der Waals surface area contributed by atoms with Crippen molar-refractivity contribution in [2.75, 3.05) is 20.3 Å². The minimum atomic E-state index is -0.285. The predicted octanol–water partition coefficient (Wildman–Crippen LogP) is 1.61. The standard InChI is InChI=1S/C11H13FN2O/c1-15-5-4-14-7-8-2-3-9(12)6-10(8)11(14)13/h2-3,6,13H,4-5,7H2,1H3. The third-order valence-corrected chi connectivity index (χ3v) is 2.57. The minimum absolute atomic E-state index is 0.285. The zero-order valence-corrected chi connectivity index (χ0v) is 8.59. The molecule has 80 valence electrons. The molecular weight excluding hydrogens is 195 g/mol. The summed E-state index contributed by atoms with van der Waals surface area (Å²) in [5.41, 5.74) is 1.71. The first-order valence-electron chi connectivity index (χ1n) is 4.83. The Morgan fingerprint density at radius 1 is 1.53 bits per heavy atom. The van der Waals surface area contributed by atoms with E-state index >= 15 is 0 Å². The monoisotopic (exact) mass is 208 g/mol. The molecule has 0 atom stereocenters. The Morgan fingerprint density at radius 3 is 3.07 bits per heavy atom. The summed E-state index contributed by atoms with van der Waals surface area (Å²) in [6, 6.07) is 4.60. The number of rotatable bonds is 3. The molecule has 1 aromatic rings. The molecule has 15 heavy (non-hydrogen) atoms. The lowest BCUT2D eigenvalue weighted by molar-refractivity contribution is 0.176. The maximum absolute atomic E-state index is 13.0. The zero-order chi connectivity index (χ0) is 10.8. The fourth-order valence-electron chi connectivity index (χ4n) is 1.75. The molecule has 0 fully saturated rings. The number of fused-ring (bicyclic) bond motifs is 1. The van der Waals surface area contributed by atoms with Crippen LogP contribution in [-0.4, -0.2) is 31.0 Å². The first-order chi connectivity index (χ1) is 7.22. The van der Waals surface area contributed by atoms with E-state index < -0.39 is 0 Å². The Balaban J connectivity index is 2.18. The Kier molecular flexibility index (Phi) is 2.68. The summed E-state index contributed by atoms with van der Waals surface area (Å²) < 4.78 is 17.9. The van der Waals surface area contributed by atoms with Crippen LogP contribution in [0.25, 0.3) is 0 Å². The molecule has 1 aromatic carbocycles. The molecule has 0 amide bonds. The summed E-state index contributed by atoms with van der Waals surface area (Å²) in [4.78, 5) is 1.88. The Labute approximate surface area is 88.0 Å². The number of amidine groups is 1. The van der Waals surface area contributed by atoms with E-state index in [0.717, 1.165) is 5.56 Å². The lowest BCUT2D eigenvalue weighted by Gasteiger charge is -2.16. The summed E-state index contributed by atoms with van der Waals surface area (Å²) in [6.45, 7) is 1.93. The Morgan fingerprint density at radius 2 is 2.33 bits per heavy atom. The van der Waals surface area contributed by atoms with Crippen LogP contribution in [0.3, 0.4) is 0 Å². The summed E-state index contributed by atoms with van der Waals surface area (Å²) >= 11 is 0. The molecule has 0 aliphatic carbocycles. The van der Waals surface area contributed by atoms with Crippen molar-refractivity contribution in [2.24, 2.45) is 0 Å². The number of nitrogens with zero attached hydrogens (tertiary/aromatic N) is 1. The van der Waals surface area contributed by atoms with Gasteiger partial charge in [-0.05, 0) is 17.7 Å². The van der Waals surface area contributed by atoms with E-state index in [1.165, 1.54) is 12.1 Å². The van der Waals surface area contributed by atoms with Gasteiger partial charge in [-0.2, -0.15) is 0 Å². The van der Waals surface area contributed by atoms with E-state index in [1.54, 1.807) is 13.2 Å². The predicted molar refractivity (Wildman–Crippen MR) is 55.5 cm³/mol. The van der Waals surface area contributed by atoms with E-state index in [0.29, 0.717) is 31.1 Å². The van der Waals surface area contributed by atoms with Gasteiger partial charge in [-0.3, -0.25) is 5.41 Å². The van der Waals surface area contributed by atoms with Gasteiger partial charge in [0.2, 0.25) is 0 Å². The summed E-state index contributed by atoms with van der Waals surface area (Å²) in [7, 11) is 1.63. The normalized spacial score (nSPS) is 14.5. The number of hydrogen-bond acceptors (Lipinski definition) is 2. The summed E-state index contributed by atoms with van der Waals surface area (Å²) in [6.07, 6.45) is 0. The van der Waals surface area contributed by atoms with Crippen LogP contribution in [0.15, 0.2) is 18.2 Å². The number of benzene rings is 1. The van der Waals surface area contributed by atoms with Crippen LogP contribution in [-0.2, 0) is 11.3 Å². The van der Waals surface area contributed by atoms with Crippen LogP contribution in [0.5, 0.6) is 0 Å². The van der Waals surface area contributed by atoms with Crippen molar-refractivity contribution in [3.05, 3.63) is 35.1 Å². The molecule has 0 saturated carbocycles. The smallest absolute Gasteiger partial charge is 0.128 e. The molecule has 0 aromatic heterocycles. The molecule has 1 aliphatic heterocycles. The maximum Gasteiger partial charge on any atom is 0.128 e. The van der Waals surface area contributed by atoms with Crippen molar-refractivity contribution >= 4 is 5.84 Å². The molecule has 1 N–H and O–H groups in total. The van der Waals surface area contributed by atoms with Gasteiger partial charge in [0.25, 0.3) is 0 Å². The Bertz CT molecular complexity index is 392. The third kappa shape index (κ3) is 1.85. The molecule has 4 heteroatoms. The first kappa shape index (κ1) is 10.1. The topological polar surface area (TPSA) is 36.3 Å². The van der Waals surface area contributed by atoms with Crippen LogP contribution in [0.1, 0.15) is 11.1 Å². The SMILES string of the molecule is COCCN1Cc2ccc(F)cc2C1=N. The van der Waals surface area contributed by atoms with E-state index in [-0.39, 0.29) is 5.82 Å². The van der Waals surface area contributed by atoms with Crippen molar-refractivity contribution in [3.8, 4) is 0 Å². The van der Waals surface area contributed by atoms with Gasteiger partial charge in [0.05, 0.1) is 6.61 Å². The van der Waals surface area contributed by atoms with E-state index in [1.807, 2.05) is 4.90 Å². The molecule has 0 unspecified atom stereocenters. The molecular formula is C11H13FN2O. The van der Waals surface area contributed by atoms with Gasteiger partial charge in [0.15, 0.2) is 0 Å². The molecule has 1 aliphatic rings. The van der Waals surface area contributed by atoms with Crippen molar-refractivity contribution in [3.63, 3.8) is 0 Å². The molecule has 1 heterocycles. The van der Waals surface area contributed by atoms with Gasteiger partial charge >= 0.3 is 0 Å². The molecule has 0 saturated heterocycles. The second-order valence-corrected chi connectivity index (χ2v) is 3.56. The van der Waals surface area contributed by atoms with Crippen LogP contribution in [0, 0.1) is 11.2 Å². The molecule has 0 spiro atoms. The third-order valence-electron chi connectivity index (χ3n) is 2.57. The second-order valence-electron chi connectivity index (χ2n) is 3.56. The van der Waals surface area contributed by atoms with E-state index in [9.17, 15) is 4.39 Å². The highest BCUT2D eigenvalue weighted by atomic mass is 19.1. The zero-order valence-electron chi connectivity index (χ0n) is 8.59. The van der Waals surface area contributed by atoms with E-state index in [4.69, 9.17) is 10.1 Å². The second kappa shape index (κ2) is 3.98.